The second-order valence-corrected chi connectivity index (χ2v) is 7.78. The summed E-state index contributed by atoms with van der Waals surface area (Å²) in [5, 5.41) is 13.7. The zero-order valence-electron chi connectivity index (χ0n) is 18.8. The number of aromatic nitrogens is 1. The Kier molecular flexibility index (Phi) is 6.81. The number of aliphatic hydroxyl groups is 1. The quantitative estimate of drug-likeness (QED) is 0.412. The number of benzene rings is 2. The number of ether oxygens (including phenoxy) is 2. The smallest absolute Gasteiger partial charge is 0.261 e. The molecule has 2 N–H and O–H groups in total. The summed E-state index contributed by atoms with van der Waals surface area (Å²) in [6.07, 6.45) is 1.55. The van der Waals surface area contributed by atoms with Crippen molar-refractivity contribution in [3.63, 3.8) is 0 Å². The Balaban J connectivity index is 1.91. The molecule has 8 nitrogen and oxygen atoms in total. The number of hydrogen-bond donors (Lipinski definition) is 2. The van der Waals surface area contributed by atoms with Gasteiger partial charge in [0, 0.05) is 33.9 Å². The molecule has 34 heavy (non-hydrogen) atoms. The van der Waals surface area contributed by atoms with Gasteiger partial charge in [0.15, 0.2) is 17.1 Å². The fraction of sp³-hybridized carbons (Fsp3) is 0.160. The standard InChI is InChI=1S/C25H22ClN3O5/c1-14-23-19(15(13-30)12-27-14)11-20(24(31)28-17-6-4-16(26)5-7-17)25(34-23)29-18-8-9-21(32-2)22(10-18)33-3/h4-12,30H,13H2,1-3H3,(H,28,31). The number of halogens is 1. The second-order valence-electron chi connectivity index (χ2n) is 7.35. The number of methoxy groups -OCH3 is 2. The van der Waals surface area contributed by atoms with Crippen LogP contribution >= 0.6 is 11.6 Å². The minimum absolute atomic E-state index is 0.0752. The van der Waals surface area contributed by atoms with Gasteiger partial charge in [-0.3, -0.25) is 9.78 Å². The van der Waals surface area contributed by atoms with Gasteiger partial charge < -0.3 is 24.3 Å². The second kappa shape index (κ2) is 9.94. The number of carbonyl (C=O) groups is 1. The first-order valence-electron chi connectivity index (χ1n) is 10.3. The average molecular weight is 480 g/mol. The van der Waals surface area contributed by atoms with Crippen molar-refractivity contribution in [2.75, 3.05) is 19.5 Å². The van der Waals surface area contributed by atoms with Crippen LogP contribution in [0, 0.1) is 6.92 Å². The highest BCUT2D eigenvalue weighted by atomic mass is 35.5. The van der Waals surface area contributed by atoms with E-state index in [1.807, 2.05) is 0 Å². The van der Waals surface area contributed by atoms with Crippen LogP contribution in [0.15, 0.2) is 64.1 Å². The van der Waals surface area contributed by atoms with E-state index in [-0.39, 0.29) is 17.7 Å². The third kappa shape index (κ3) is 4.73. The number of nitrogens with zero attached hydrogens (tertiary/aromatic N) is 2. The lowest BCUT2D eigenvalue weighted by Crippen LogP contribution is -2.22. The summed E-state index contributed by atoms with van der Waals surface area (Å²) >= 11 is 5.95. The maximum absolute atomic E-state index is 13.3. The van der Waals surface area contributed by atoms with Crippen LogP contribution in [-0.2, 0) is 6.61 Å². The van der Waals surface area contributed by atoms with Crippen molar-refractivity contribution in [1.29, 1.82) is 0 Å². The molecule has 1 amide bonds. The highest BCUT2D eigenvalue weighted by Crippen LogP contribution is 2.31. The van der Waals surface area contributed by atoms with Crippen LogP contribution in [0.3, 0.4) is 0 Å². The van der Waals surface area contributed by atoms with Gasteiger partial charge in [-0.1, -0.05) is 11.6 Å². The number of anilines is 1. The number of aliphatic hydroxyl groups excluding tert-OH is 1. The van der Waals surface area contributed by atoms with Gasteiger partial charge in [-0.05, 0) is 49.4 Å². The molecule has 4 rings (SSSR count). The number of aryl methyl sites for hydroxylation is 1. The summed E-state index contributed by atoms with van der Waals surface area (Å²) in [6.45, 7) is 1.52. The van der Waals surface area contributed by atoms with Crippen molar-refractivity contribution < 1.29 is 23.8 Å². The molecule has 0 aliphatic carbocycles. The SMILES string of the molecule is COc1ccc(N=c2oc3c(C)ncc(CO)c3cc2C(=O)Nc2ccc(Cl)cc2)cc1OC. The molecule has 9 heteroatoms. The molecule has 0 bridgehead atoms. The molecule has 4 aromatic rings. The molecule has 2 aromatic heterocycles. The summed E-state index contributed by atoms with van der Waals surface area (Å²) in [7, 11) is 3.07. The number of fused-ring (bicyclic) bond motifs is 1. The van der Waals surface area contributed by atoms with Crippen LogP contribution in [0.25, 0.3) is 11.0 Å². The van der Waals surface area contributed by atoms with E-state index >= 15 is 0 Å². The van der Waals surface area contributed by atoms with Gasteiger partial charge in [-0.15, -0.1) is 0 Å². The minimum Gasteiger partial charge on any atom is -0.493 e. The summed E-state index contributed by atoms with van der Waals surface area (Å²) in [6, 6.07) is 13.5. The fourth-order valence-corrected chi connectivity index (χ4v) is 3.53. The summed E-state index contributed by atoms with van der Waals surface area (Å²) < 4.78 is 16.7. The molecule has 0 radical (unpaired) electrons. The van der Waals surface area contributed by atoms with Gasteiger partial charge >= 0.3 is 0 Å². The summed E-state index contributed by atoms with van der Waals surface area (Å²) in [4.78, 5) is 22.1. The third-order valence-electron chi connectivity index (χ3n) is 5.17. The van der Waals surface area contributed by atoms with Gasteiger partial charge in [-0.25, -0.2) is 4.99 Å². The number of hydrogen-bond acceptors (Lipinski definition) is 7. The minimum atomic E-state index is -0.439. The Hall–Kier alpha value is -3.88. The third-order valence-corrected chi connectivity index (χ3v) is 5.42. The maximum atomic E-state index is 13.3. The predicted molar refractivity (Wildman–Crippen MR) is 129 cm³/mol. The first kappa shape index (κ1) is 23.3. The highest BCUT2D eigenvalue weighted by Gasteiger charge is 2.17. The Morgan fingerprint density at radius 2 is 1.85 bits per heavy atom. The average Bonchev–Trinajstić information content (AvgIpc) is 2.85. The lowest BCUT2D eigenvalue weighted by atomic mass is 10.1. The molecule has 0 aliphatic rings. The normalized spacial score (nSPS) is 11.5. The van der Waals surface area contributed by atoms with Crippen LogP contribution in [0.4, 0.5) is 11.4 Å². The molecule has 0 spiro atoms. The van der Waals surface area contributed by atoms with Crippen molar-refractivity contribution in [3.8, 4) is 11.5 Å². The van der Waals surface area contributed by atoms with Crippen LogP contribution < -0.4 is 20.3 Å². The Bertz CT molecular complexity index is 1430. The molecule has 0 saturated carbocycles. The van der Waals surface area contributed by atoms with E-state index in [1.165, 1.54) is 7.11 Å². The molecule has 2 aromatic carbocycles. The van der Waals surface area contributed by atoms with E-state index in [1.54, 1.807) is 68.8 Å². The monoisotopic (exact) mass is 479 g/mol. The molecule has 2 heterocycles. The summed E-state index contributed by atoms with van der Waals surface area (Å²) in [5.41, 5.74) is 2.85. The first-order chi connectivity index (χ1) is 16.4. The number of rotatable bonds is 6. The van der Waals surface area contributed by atoms with Crippen molar-refractivity contribution in [1.82, 2.24) is 4.98 Å². The molecule has 0 saturated heterocycles. The molecule has 0 aliphatic heterocycles. The lowest BCUT2D eigenvalue weighted by molar-refractivity contribution is 0.102. The van der Waals surface area contributed by atoms with Crippen molar-refractivity contribution >= 4 is 39.9 Å². The van der Waals surface area contributed by atoms with Gasteiger partial charge in [-0.2, -0.15) is 0 Å². The van der Waals surface area contributed by atoms with Crippen LogP contribution in [-0.4, -0.2) is 30.2 Å². The number of pyridine rings is 1. The van der Waals surface area contributed by atoms with E-state index in [9.17, 15) is 9.90 Å². The maximum Gasteiger partial charge on any atom is 0.261 e. The van der Waals surface area contributed by atoms with E-state index < -0.39 is 5.91 Å². The number of amides is 1. The van der Waals surface area contributed by atoms with Gasteiger partial charge in [0.05, 0.1) is 32.2 Å². The fourth-order valence-electron chi connectivity index (χ4n) is 3.40. The van der Waals surface area contributed by atoms with Gasteiger partial charge in [0.2, 0.25) is 5.55 Å². The molecule has 174 valence electrons. The van der Waals surface area contributed by atoms with E-state index in [2.05, 4.69) is 15.3 Å². The van der Waals surface area contributed by atoms with Gasteiger partial charge in [0.1, 0.15) is 5.56 Å². The molecular weight excluding hydrogens is 458 g/mol. The number of nitrogens with one attached hydrogen (secondary N) is 1. The highest BCUT2D eigenvalue weighted by molar-refractivity contribution is 6.30. The Morgan fingerprint density at radius 1 is 1.12 bits per heavy atom. The van der Waals surface area contributed by atoms with Crippen LogP contribution in [0.5, 0.6) is 11.5 Å². The van der Waals surface area contributed by atoms with Crippen molar-refractivity contribution in [3.05, 3.63) is 82.1 Å². The molecule has 0 unspecified atom stereocenters. The van der Waals surface area contributed by atoms with Crippen LogP contribution in [0.1, 0.15) is 21.6 Å². The van der Waals surface area contributed by atoms with Crippen molar-refractivity contribution in [2.45, 2.75) is 13.5 Å². The lowest BCUT2D eigenvalue weighted by Gasteiger charge is -2.10. The Morgan fingerprint density at radius 3 is 2.53 bits per heavy atom. The topological polar surface area (TPSA) is 106 Å². The van der Waals surface area contributed by atoms with E-state index in [4.69, 9.17) is 25.5 Å². The largest absolute Gasteiger partial charge is 0.493 e. The van der Waals surface area contributed by atoms with Gasteiger partial charge in [0.25, 0.3) is 5.91 Å². The molecular formula is C25H22ClN3O5. The Labute approximate surface area is 200 Å². The van der Waals surface area contributed by atoms with E-state index in [0.717, 1.165) is 0 Å². The summed E-state index contributed by atoms with van der Waals surface area (Å²) in [5.74, 6) is 0.591. The molecule has 0 atom stereocenters. The predicted octanol–water partition coefficient (Wildman–Crippen LogP) is 4.78. The van der Waals surface area contributed by atoms with Crippen molar-refractivity contribution in [2.24, 2.45) is 4.99 Å². The zero-order valence-corrected chi connectivity index (χ0v) is 19.5. The molecule has 0 fully saturated rings. The number of carbonyl (C=O) groups excluding carboxylic acids is 1. The zero-order chi connectivity index (χ0) is 24.2. The van der Waals surface area contributed by atoms with E-state index in [0.29, 0.717) is 50.1 Å². The first-order valence-corrected chi connectivity index (χ1v) is 10.7. The van der Waals surface area contributed by atoms with Crippen LogP contribution in [0.2, 0.25) is 5.02 Å².